The molecule has 2 saturated heterocycles. The second-order valence-electron chi connectivity index (χ2n) is 19.9. The van der Waals surface area contributed by atoms with E-state index in [1.54, 1.807) is 30.5 Å². The van der Waals surface area contributed by atoms with Crippen molar-refractivity contribution in [1.82, 2.24) is 41.3 Å². The summed E-state index contributed by atoms with van der Waals surface area (Å²) in [5.74, 6) is 1.25. The molecule has 0 radical (unpaired) electrons. The Kier molecular flexibility index (Phi) is 18.8. The zero-order valence-corrected chi connectivity index (χ0v) is 43.3. The number of aliphatic hydroxyl groups excluding tert-OH is 1. The number of aromatic nitrogens is 2. The first-order valence-electron chi connectivity index (χ1n) is 24.5. The van der Waals surface area contributed by atoms with Gasteiger partial charge in [-0.3, -0.25) is 24.9 Å². The summed E-state index contributed by atoms with van der Waals surface area (Å²) in [5, 5.41) is 18.8. The van der Waals surface area contributed by atoms with Crippen molar-refractivity contribution < 1.29 is 68.9 Å². The minimum absolute atomic E-state index is 0.0309. The second-order valence-corrected chi connectivity index (χ2v) is 19.9. The number of anilines is 1. The summed E-state index contributed by atoms with van der Waals surface area (Å²) >= 11 is 0. The van der Waals surface area contributed by atoms with Crippen LogP contribution in [-0.2, 0) is 32.0 Å². The molecular formula is C53H61F8N9O7. The molecule has 2 aliphatic heterocycles. The van der Waals surface area contributed by atoms with Crippen LogP contribution in [0.5, 0.6) is 0 Å². The summed E-state index contributed by atoms with van der Waals surface area (Å²) in [4.78, 5) is 66.3. The van der Waals surface area contributed by atoms with E-state index in [1.165, 1.54) is 24.4 Å². The first-order chi connectivity index (χ1) is 36.2. The Balaban J connectivity index is 1.33. The van der Waals surface area contributed by atoms with Gasteiger partial charge in [0.2, 0.25) is 5.91 Å². The number of halogens is 8. The number of aliphatic hydroxyl groups is 1. The molecule has 2 aromatic heterocycles. The molecule has 0 unspecified atom stereocenters. The number of piperazine rings is 1. The highest BCUT2D eigenvalue weighted by Crippen LogP contribution is 2.43. The molecule has 2 fully saturated rings. The number of methoxy groups -OCH3 is 1. The lowest BCUT2D eigenvalue weighted by Gasteiger charge is -2.41. The standard InChI is InChI=1S/C53H61F8N9O7/c1-8-70-35-19-20-36(70)28-68(27-35)43-21-18-33(26-64-43)17-14-31-12-15-32(16-13-31)23-41(65-46(72)44(66-49(75)76-7)50(2,3)52(56,57)58)42(71)30-69(67-47(73)45(77-48(74)62-6)51(4,5)53(59,60)61)29-37-38(54)24-34(25-39(37)55)40-11-9-10-22-63-40/h9-13,15-16,18,21-22,24-26,35-36,41-42,44-45,71H,8,19-20,23,27-30H2,1-7H3,(H,62,74)(H,65,72)(H,66,75)(H,67,73)/t35-,36-,41-,42-,44+,45+/m0/s1. The van der Waals surface area contributed by atoms with Crippen molar-refractivity contribution in [2.24, 2.45) is 10.8 Å². The summed E-state index contributed by atoms with van der Waals surface area (Å²) in [7, 11) is 1.85. The SMILES string of the molecule is CCN1[C@H]2CC[C@H]1CN(c1ccc(C#Cc3ccc(C[C@H](NC(=O)[C@@H](NC(=O)OC)C(C)(C)C(F)(F)F)[C@@H](O)CN(Cc4c(F)cc(-c5ccccn5)cc4F)NC(=O)[C@@H](OC(=O)NC)C(C)(C)C(F)(F)F)cc3)cn1)C2. The van der Waals surface area contributed by atoms with Gasteiger partial charge in [0.1, 0.15) is 28.9 Å². The maximum atomic E-state index is 16.0. The number of hydrazine groups is 1. The molecule has 24 heteroatoms. The largest absolute Gasteiger partial charge is 0.453 e. The van der Waals surface area contributed by atoms with Crippen LogP contribution in [0, 0.1) is 34.3 Å². The van der Waals surface area contributed by atoms with Gasteiger partial charge in [-0.1, -0.05) is 37.0 Å². The number of rotatable bonds is 18. The van der Waals surface area contributed by atoms with Crippen LogP contribution < -0.4 is 26.3 Å². The Hall–Kier alpha value is -7.10. The molecular weight excluding hydrogens is 1030 g/mol. The summed E-state index contributed by atoms with van der Waals surface area (Å²) in [6.07, 6.45) is -13.1. The van der Waals surface area contributed by atoms with Gasteiger partial charge in [0.25, 0.3) is 5.91 Å². The smallest absolute Gasteiger partial charge is 0.407 e. The predicted octanol–water partition coefficient (Wildman–Crippen LogP) is 7.04. The van der Waals surface area contributed by atoms with Crippen LogP contribution in [0.4, 0.5) is 50.5 Å². The van der Waals surface area contributed by atoms with Crippen LogP contribution in [0.15, 0.2) is 79.1 Å². The Morgan fingerprint density at radius 2 is 1.43 bits per heavy atom. The minimum Gasteiger partial charge on any atom is -0.453 e. The number of carbonyl (C=O) groups excluding carboxylic acids is 4. The molecule has 0 aliphatic carbocycles. The number of ether oxygens (including phenoxy) is 2. The van der Waals surface area contributed by atoms with Crippen molar-refractivity contribution >= 4 is 29.8 Å². The van der Waals surface area contributed by atoms with E-state index in [-0.39, 0.29) is 11.3 Å². The third kappa shape index (κ3) is 14.3. The molecule has 4 aromatic rings. The molecule has 2 bridgehead atoms. The van der Waals surface area contributed by atoms with Gasteiger partial charge < -0.3 is 35.4 Å². The Morgan fingerprint density at radius 1 is 0.818 bits per heavy atom. The average Bonchev–Trinajstić information content (AvgIpc) is 3.64. The second kappa shape index (κ2) is 24.5. The normalized spacial score (nSPS) is 17.5. The van der Waals surface area contributed by atoms with Gasteiger partial charge in [-0.25, -0.2) is 28.4 Å². The molecule has 2 aliphatic rings. The van der Waals surface area contributed by atoms with Crippen molar-refractivity contribution in [3.05, 3.63) is 113 Å². The summed E-state index contributed by atoms with van der Waals surface area (Å²) in [5.41, 5.74) is -3.31. The number of alkyl carbamates (subject to hydrolysis) is 2. The number of likely N-dealkylation sites (N-methyl/N-ethyl adjacent to an activating group) is 1. The number of fused-ring (bicyclic) bond motifs is 2. The van der Waals surface area contributed by atoms with Crippen molar-refractivity contribution in [2.45, 2.75) is 109 Å². The quantitative estimate of drug-likeness (QED) is 0.0389. The zero-order chi connectivity index (χ0) is 56.6. The lowest BCUT2D eigenvalue weighted by Crippen LogP contribution is -2.62. The van der Waals surface area contributed by atoms with Crippen LogP contribution in [-0.4, -0.2) is 138 Å². The van der Waals surface area contributed by atoms with Crippen molar-refractivity contribution in [2.75, 3.05) is 45.2 Å². The molecule has 6 rings (SSSR count). The fourth-order valence-electron chi connectivity index (χ4n) is 9.11. The Morgan fingerprint density at radius 3 is 1.96 bits per heavy atom. The summed E-state index contributed by atoms with van der Waals surface area (Å²) in [6, 6.07) is 13.1. The number of carbonyl (C=O) groups is 4. The Labute approximate surface area is 440 Å². The van der Waals surface area contributed by atoms with Crippen molar-refractivity contribution in [3.63, 3.8) is 0 Å². The zero-order valence-electron chi connectivity index (χ0n) is 43.3. The first kappa shape index (κ1) is 59.1. The third-order valence-electron chi connectivity index (χ3n) is 14.0. The lowest BCUT2D eigenvalue weighted by atomic mass is 9.82. The van der Waals surface area contributed by atoms with Gasteiger partial charge in [-0.15, -0.1) is 0 Å². The molecule has 6 atom stereocenters. The van der Waals surface area contributed by atoms with E-state index >= 15 is 8.78 Å². The molecule has 416 valence electrons. The third-order valence-corrected chi connectivity index (χ3v) is 14.0. The first-order valence-corrected chi connectivity index (χ1v) is 24.5. The van der Waals surface area contributed by atoms with Crippen molar-refractivity contribution in [1.29, 1.82) is 0 Å². The number of amides is 4. The van der Waals surface area contributed by atoms with Crippen LogP contribution in [0.3, 0.4) is 0 Å². The van der Waals surface area contributed by atoms with Gasteiger partial charge in [0, 0.05) is 80.0 Å². The lowest BCUT2D eigenvalue weighted by molar-refractivity contribution is -0.239. The van der Waals surface area contributed by atoms with Crippen LogP contribution >= 0.6 is 0 Å². The fourth-order valence-corrected chi connectivity index (χ4v) is 9.11. The number of pyridine rings is 2. The molecule has 77 heavy (non-hydrogen) atoms. The number of nitrogens with zero attached hydrogens (tertiary/aromatic N) is 5. The number of alkyl halides is 6. The van der Waals surface area contributed by atoms with Gasteiger partial charge >= 0.3 is 24.5 Å². The molecule has 4 heterocycles. The molecule has 0 spiro atoms. The molecule has 4 amide bonds. The van der Waals surface area contributed by atoms with E-state index in [1.807, 2.05) is 22.8 Å². The topological polar surface area (TPSA) is 191 Å². The molecule has 5 N–H and O–H groups in total. The molecule has 16 nitrogen and oxygen atoms in total. The monoisotopic (exact) mass is 1090 g/mol. The van der Waals surface area contributed by atoms with E-state index in [4.69, 9.17) is 4.74 Å². The van der Waals surface area contributed by atoms with E-state index in [9.17, 15) is 50.6 Å². The average molecular weight is 1090 g/mol. The van der Waals surface area contributed by atoms with Crippen LogP contribution in [0.2, 0.25) is 0 Å². The maximum Gasteiger partial charge on any atom is 0.407 e. The highest BCUT2D eigenvalue weighted by molar-refractivity contribution is 5.87. The molecule has 0 saturated carbocycles. The predicted molar refractivity (Wildman–Crippen MR) is 266 cm³/mol. The fraction of sp³-hybridized carbons (Fsp3) is 0.472. The highest BCUT2D eigenvalue weighted by Gasteiger charge is 2.58. The van der Waals surface area contributed by atoms with Crippen molar-refractivity contribution in [3.8, 4) is 23.1 Å². The number of hydrogen-bond donors (Lipinski definition) is 5. The molecule has 2 aromatic carbocycles. The highest BCUT2D eigenvalue weighted by atomic mass is 19.4. The van der Waals surface area contributed by atoms with Gasteiger partial charge in [-0.05, 0) is 108 Å². The van der Waals surface area contributed by atoms with Crippen LogP contribution in [0.25, 0.3) is 11.3 Å². The van der Waals surface area contributed by atoms with Gasteiger partial charge in [-0.2, -0.15) is 26.3 Å². The van der Waals surface area contributed by atoms with E-state index in [2.05, 4.69) is 54.0 Å². The maximum absolute atomic E-state index is 16.0. The summed E-state index contributed by atoms with van der Waals surface area (Å²) in [6.45, 7) is 5.19. The number of hydrogen-bond acceptors (Lipinski definition) is 12. The van der Waals surface area contributed by atoms with E-state index < -0.39 is 108 Å². The van der Waals surface area contributed by atoms with Gasteiger partial charge in [0.15, 0.2) is 6.10 Å². The van der Waals surface area contributed by atoms with Gasteiger partial charge in [0.05, 0.1) is 30.4 Å². The van der Waals surface area contributed by atoms with E-state index in [0.29, 0.717) is 61.5 Å². The number of benzene rings is 2. The van der Waals surface area contributed by atoms with E-state index in [0.717, 1.165) is 64.6 Å². The minimum atomic E-state index is -5.21. The summed E-state index contributed by atoms with van der Waals surface area (Å²) < 4.78 is 129. The van der Waals surface area contributed by atoms with Crippen LogP contribution in [0.1, 0.15) is 69.7 Å². The number of nitrogens with one attached hydrogen (secondary N) is 4. The Bertz CT molecular complexity index is 2740.